The highest BCUT2D eigenvalue weighted by Crippen LogP contribution is 2.23. The highest BCUT2D eigenvalue weighted by Gasteiger charge is 2.16. The fraction of sp³-hybridized carbons (Fsp3) is 0.417. The van der Waals surface area contributed by atoms with E-state index in [1.165, 1.54) is 11.3 Å². The van der Waals surface area contributed by atoms with Crippen molar-refractivity contribution in [3.05, 3.63) is 28.8 Å². The Balaban J connectivity index is 2.04. The van der Waals surface area contributed by atoms with Gasteiger partial charge in [0.15, 0.2) is 10.8 Å². The molecule has 0 atom stereocenters. The molecule has 0 unspecified atom stereocenters. The molecule has 0 saturated carbocycles. The van der Waals surface area contributed by atoms with E-state index >= 15 is 0 Å². The zero-order valence-electron chi connectivity index (χ0n) is 11.1. The minimum Gasteiger partial charge on any atom is -0.461 e. The molecule has 6 nitrogen and oxygen atoms in total. The Morgan fingerprint density at radius 2 is 2.37 bits per heavy atom. The number of aryl methyl sites for hydroxylation is 2. The lowest BCUT2D eigenvalue weighted by atomic mass is 10.4. The van der Waals surface area contributed by atoms with E-state index in [0.29, 0.717) is 24.0 Å². The topological polar surface area (TPSA) is 69.0 Å². The lowest BCUT2D eigenvalue weighted by molar-refractivity contribution is 0.0519. The second-order valence-electron chi connectivity index (χ2n) is 3.95. The predicted molar refractivity (Wildman–Crippen MR) is 73.3 cm³/mol. The summed E-state index contributed by atoms with van der Waals surface area (Å²) in [6.07, 6.45) is 3.63. The Morgan fingerprint density at radius 3 is 3.00 bits per heavy atom. The summed E-state index contributed by atoms with van der Waals surface area (Å²) in [5.74, 6) is 0.534. The molecule has 0 saturated heterocycles. The second-order valence-corrected chi connectivity index (χ2v) is 5.16. The van der Waals surface area contributed by atoms with Crippen LogP contribution in [0.5, 0.6) is 0 Å². The van der Waals surface area contributed by atoms with Crippen molar-refractivity contribution in [3.63, 3.8) is 0 Å². The molecule has 0 aromatic carbocycles. The van der Waals surface area contributed by atoms with Gasteiger partial charge in [0.25, 0.3) is 0 Å². The first-order valence-electron chi connectivity index (χ1n) is 5.96. The fourth-order valence-corrected chi connectivity index (χ4v) is 2.38. The maximum absolute atomic E-state index is 11.6. The number of thiazole rings is 1. The van der Waals surface area contributed by atoms with Crippen LogP contribution in [0.3, 0.4) is 0 Å². The third kappa shape index (κ3) is 3.11. The Bertz CT molecular complexity index is 576. The van der Waals surface area contributed by atoms with Gasteiger partial charge in [0.2, 0.25) is 0 Å². The van der Waals surface area contributed by atoms with E-state index < -0.39 is 0 Å². The quantitative estimate of drug-likeness (QED) is 0.848. The van der Waals surface area contributed by atoms with E-state index in [0.717, 1.165) is 10.7 Å². The predicted octanol–water partition coefficient (Wildman–Crippen LogP) is 1.97. The molecule has 0 aliphatic rings. The second kappa shape index (κ2) is 5.83. The van der Waals surface area contributed by atoms with Gasteiger partial charge < -0.3 is 14.6 Å². The fourth-order valence-electron chi connectivity index (χ4n) is 1.58. The third-order valence-corrected chi connectivity index (χ3v) is 3.51. The zero-order valence-corrected chi connectivity index (χ0v) is 12.0. The van der Waals surface area contributed by atoms with E-state index in [1.54, 1.807) is 13.1 Å². The molecule has 1 N–H and O–H groups in total. The molecule has 0 fully saturated rings. The van der Waals surface area contributed by atoms with E-state index in [4.69, 9.17) is 4.74 Å². The van der Waals surface area contributed by atoms with Crippen LogP contribution < -0.4 is 5.32 Å². The van der Waals surface area contributed by atoms with Crippen molar-refractivity contribution in [2.24, 2.45) is 7.05 Å². The Hall–Kier alpha value is -1.89. The average molecular weight is 280 g/mol. The van der Waals surface area contributed by atoms with Gasteiger partial charge in [-0.15, -0.1) is 11.3 Å². The summed E-state index contributed by atoms with van der Waals surface area (Å²) in [5.41, 5.74) is 0.384. The SMILES string of the molecule is CCOC(=O)c1nc(NCc2nccn2C)sc1C. The van der Waals surface area contributed by atoms with Crippen LogP contribution in [-0.2, 0) is 18.3 Å². The Kier molecular flexibility index (Phi) is 4.16. The number of ether oxygens (including phenoxy) is 1. The van der Waals surface area contributed by atoms with E-state index in [9.17, 15) is 4.79 Å². The lowest BCUT2D eigenvalue weighted by Crippen LogP contribution is -2.08. The van der Waals surface area contributed by atoms with Crippen molar-refractivity contribution in [3.8, 4) is 0 Å². The first-order valence-corrected chi connectivity index (χ1v) is 6.78. The molecule has 0 radical (unpaired) electrons. The van der Waals surface area contributed by atoms with Crippen molar-refractivity contribution >= 4 is 22.4 Å². The molecule has 2 rings (SSSR count). The number of rotatable bonds is 5. The normalized spacial score (nSPS) is 10.5. The molecule has 0 spiro atoms. The minimum atomic E-state index is -0.374. The van der Waals surface area contributed by atoms with Crippen LogP contribution >= 0.6 is 11.3 Å². The van der Waals surface area contributed by atoms with Crippen LogP contribution in [0, 0.1) is 6.92 Å². The Morgan fingerprint density at radius 1 is 1.58 bits per heavy atom. The molecule has 2 aromatic rings. The summed E-state index contributed by atoms with van der Waals surface area (Å²) in [7, 11) is 1.93. The van der Waals surface area contributed by atoms with Crippen LogP contribution in [0.4, 0.5) is 5.13 Å². The number of hydrogen-bond donors (Lipinski definition) is 1. The zero-order chi connectivity index (χ0) is 13.8. The van der Waals surface area contributed by atoms with Crippen molar-refractivity contribution in [1.29, 1.82) is 0 Å². The lowest BCUT2D eigenvalue weighted by Gasteiger charge is -2.02. The van der Waals surface area contributed by atoms with Crippen molar-refractivity contribution in [1.82, 2.24) is 14.5 Å². The first kappa shape index (κ1) is 13.5. The number of hydrogen-bond acceptors (Lipinski definition) is 6. The third-order valence-electron chi connectivity index (χ3n) is 2.58. The summed E-state index contributed by atoms with van der Waals surface area (Å²) < 4.78 is 6.88. The summed E-state index contributed by atoms with van der Waals surface area (Å²) in [6, 6.07) is 0. The number of carbonyl (C=O) groups is 1. The number of imidazole rings is 1. The molecule has 7 heteroatoms. The average Bonchev–Trinajstić information content (AvgIpc) is 2.93. The largest absolute Gasteiger partial charge is 0.461 e. The number of carbonyl (C=O) groups excluding carboxylic acids is 1. The van der Waals surface area contributed by atoms with Crippen LogP contribution in [0.1, 0.15) is 28.1 Å². The maximum Gasteiger partial charge on any atom is 0.358 e. The summed E-state index contributed by atoms with van der Waals surface area (Å²) in [4.78, 5) is 21.0. The monoisotopic (exact) mass is 280 g/mol. The van der Waals surface area contributed by atoms with Gasteiger partial charge in [-0.3, -0.25) is 0 Å². The number of esters is 1. The molecule has 102 valence electrons. The minimum absolute atomic E-state index is 0.353. The van der Waals surface area contributed by atoms with E-state index in [2.05, 4.69) is 15.3 Å². The van der Waals surface area contributed by atoms with Gasteiger partial charge in [-0.05, 0) is 13.8 Å². The molecule has 2 heterocycles. The summed E-state index contributed by atoms with van der Waals surface area (Å²) in [5, 5.41) is 3.86. The molecule has 0 aliphatic heterocycles. The van der Waals surface area contributed by atoms with Crippen LogP contribution in [0.2, 0.25) is 0 Å². The van der Waals surface area contributed by atoms with Crippen molar-refractivity contribution < 1.29 is 9.53 Å². The molecule has 0 bridgehead atoms. The maximum atomic E-state index is 11.6. The first-order chi connectivity index (χ1) is 9.11. The van der Waals surface area contributed by atoms with Gasteiger partial charge in [-0.2, -0.15) is 0 Å². The molecule has 19 heavy (non-hydrogen) atoms. The molecule has 0 amide bonds. The highest BCUT2D eigenvalue weighted by atomic mass is 32.1. The van der Waals surface area contributed by atoms with E-state index in [-0.39, 0.29) is 5.97 Å². The highest BCUT2D eigenvalue weighted by molar-refractivity contribution is 7.15. The number of nitrogens with one attached hydrogen (secondary N) is 1. The van der Waals surface area contributed by atoms with Crippen LogP contribution in [0.25, 0.3) is 0 Å². The van der Waals surface area contributed by atoms with Gasteiger partial charge >= 0.3 is 5.97 Å². The summed E-state index contributed by atoms with van der Waals surface area (Å²) >= 11 is 1.44. The van der Waals surface area contributed by atoms with E-state index in [1.807, 2.05) is 24.7 Å². The van der Waals surface area contributed by atoms with Gasteiger partial charge in [-0.1, -0.05) is 0 Å². The van der Waals surface area contributed by atoms with Crippen molar-refractivity contribution in [2.75, 3.05) is 11.9 Å². The molecular weight excluding hydrogens is 264 g/mol. The number of nitrogens with zero attached hydrogens (tertiary/aromatic N) is 3. The standard InChI is InChI=1S/C12H16N4O2S/c1-4-18-11(17)10-8(2)19-12(15-10)14-7-9-13-5-6-16(9)3/h5-6H,4,7H2,1-3H3,(H,14,15). The number of anilines is 1. The Labute approximate surface area is 115 Å². The van der Waals surface area contributed by atoms with Gasteiger partial charge in [0.1, 0.15) is 5.82 Å². The summed E-state index contributed by atoms with van der Waals surface area (Å²) in [6.45, 7) is 4.56. The van der Waals surface area contributed by atoms with Gasteiger partial charge in [-0.25, -0.2) is 14.8 Å². The number of aromatic nitrogens is 3. The van der Waals surface area contributed by atoms with Crippen molar-refractivity contribution in [2.45, 2.75) is 20.4 Å². The van der Waals surface area contributed by atoms with Crippen LogP contribution in [-0.4, -0.2) is 27.1 Å². The van der Waals surface area contributed by atoms with Crippen LogP contribution in [0.15, 0.2) is 12.4 Å². The smallest absolute Gasteiger partial charge is 0.358 e. The van der Waals surface area contributed by atoms with Gasteiger partial charge in [0.05, 0.1) is 13.2 Å². The van der Waals surface area contributed by atoms with Gasteiger partial charge in [0, 0.05) is 24.3 Å². The molecular formula is C12H16N4O2S. The molecule has 0 aliphatic carbocycles. The molecule has 2 aromatic heterocycles.